The van der Waals surface area contributed by atoms with E-state index in [9.17, 15) is 9.59 Å². The van der Waals surface area contributed by atoms with Crippen molar-refractivity contribution in [2.24, 2.45) is 5.10 Å². The fourth-order valence-electron chi connectivity index (χ4n) is 1.54. The Hall–Kier alpha value is -2.13. The van der Waals surface area contributed by atoms with E-state index in [4.69, 9.17) is 14.2 Å². The lowest BCUT2D eigenvalue weighted by atomic mass is 10.2. The maximum atomic E-state index is 11.5. The van der Waals surface area contributed by atoms with Crippen LogP contribution in [0.2, 0.25) is 0 Å². The number of hydrazone groups is 1. The van der Waals surface area contributed by atoms with Gasteiger partial charge in [-0.2, -0.15) is 5.10 Å². The molecule has 9 heteroatoms. The molecule has 0 radical (unpaired) electrons. The van der Waals surface area contributed by atoms with Crippen molar-refractivity contribution < 1.29 is 23.8 Å². The second kappa shape index (κ2) is 9.80. The molecule has 0 saturated carbocycles. The largest absolute Gasteiger partial charge is 0.496 e. The van der Waals surface area contributed by atoms with Crippen LogP contribution < -0.4 is 20.2 Å². The van der Waals surface area contributed by atoms with Crippen LogP contribution >= 0.6 is 15.9 Å². The Labute approximate surface area is 142 Å². The quantitative estimate of drug-likeness (QED) is 0.310. The van der Waals surface area contributed by atoms with Crippen molar-refractivity contribution in [3.8, 4) is 11.5 Å². The third kappa shape index (κ3) is 5.87. The van der Waals surface area contributed by atoms with E-state index in [2.05, 4.69) is 31.8 Å². The van der Waals surface area contributed by atoms with Gasteiger partial charge in [0.15, 0.2) is 0 Å². The summed E-state index contributed by atoms with van der Waals surface area (Å²) in [5.41, 5.74) is 2.73. The van der Waals surface area contributed by atoms with Crippen LogP contribution in [0.5, 0.6) is 11.5 Å². The monoisotopic (exact) mass is 387 g/mol. The minimum Gasteiger partial charge on any atom is -0.496 e. The summed E-state index contributed by atoms with van der Waals surface area (Å²) in [5.74, 6) is -0.556. The molecule has 23 heavy (non-hydrogen) atoms. The molecule has 0 fully saturated rings. The first-order chi connectivity index (χ1) is 11.0. The SMILES string of the molecule is COCCNC(=O)C(=O)N/N=C/c1cc(Br)c(OC)cc1OC. The smallest absolute Gasteiger partial charge is 0.329 e. The molecule has 2 N–H and O–H groups in total. The van der Waals surface area contributed by atoms with Crippen molar-refractivity contribution in [3.05, 3.63) is 22.2 Å². The highest BCUT2D eigenvalue weighted by molar-refractivity contribution is 9.10. The molecule has 0 aliphatic carbocycles. The normalized spacial score (nSPS) is 10.4. The van der Waals surface area contributed by atoms with Crippen LogP contribution in [0.1, 0.15) is 5.56 Å². The molecule has 0 spiro atoms. The molecule has 1 aromatic carbocycles. The van der Waals surface area contributed by atoms with Crippen molar-refractivity contribution in [1.82, 2.24) is 10.7 Å². The first-order valence-electron chi connectivity index (χ1n) is 6.55. The fourth-order valence-corrected chi connectivity index (χ4v) is 2.07. The molecule has 0 aromatic heterocycles. The number of rotatable bonds is 7. The van der Waals surface area contributed by atoms with Crippen LogP contribution in [0.25, 0.3) is 0 Å². The predicted molar refractivity (Wildman–Crippen MR) is 87.9 cm³/mol. The van der Waals surface area contributed by atoms with E-state index in [1.807, 2.05) is 0 Å². The summed E-state index contributed by atoms with van der Waals surface area (Å²) in [6.07, 6.45) is 1.36. The van der Waals surface area contributed by atoms with Crippen molar-refractivity contribution in [2.75, 3.05) is 34.5 Å². The number of hydrogen-bond acceptors (Lipinski definition) is 6. The summed E-state index contributed by atoms with van der Waals surface area (Å²) in [6.45, 7) is 0.561. The molecule has 0 aliphatic rings. The molecule has 1 aromatic rings. The number of methoxy groups -OCH3 is 3. The third-order valence-corrected chi connectivity index (χ3v) is 3.29. The van der Waals surface area contributed by atoms with Gasteiger partial charge in [-0.05, 0) is 22.0 Å². The Balaban J connectivity index is 2.69. The summed E-state index contributed by atoms with van der Waals surface area (Å²) < 4.78 is 15.8. The van der Waals surface area contributed by atoms with Gasteiger partial charge in [-0.15, -0.1) is 0 Å². The number of amides is 2. The number of carbonyl (C=O) groups is 2. The Bertz CT molecular complexity index is 592. The highest BCUT2D eigenvalue weighted by Crippen LogP contribution is 2.31. The summed E-state index contributed by atoms with van der Waals surface area (Å²) in [7, 11) is 4.54. The van der Waals surface area contributed by atoms with Gasteiger partial charge >= 0.3 is 11.8 Å². The standard InChI is InChI=1S/C14H18BrN3O5/c1-21-5-4-16-13(19)14(20)18-17-8-9-6-10(15)12(23-3)7-11(9)22-2/h6-8H,4-5H2,1-3H3,(H,16,19)(H,18,20)/b17-8+. The van der Waals surface area contributed by atoms with Gasteiger partial charge in [0.2, 0.25) is 0 Å². The zero-order chi connectivity index (χ0) is 17.2. The predicted octanol–water partition coefficient (Wildman–Crippen LogP) is 0.679. The van der Waals surface area contributed by atoms with Crippen molar-refractivity contribution in [3.63, 3.8) is 0 Å². The highest BCUT2D eigenvalue weighted by Gasteiger charge is 2.12. The summed E-state index contributed by atoms with van der Waals surface area (Å²) in [5, 5.41) is 6.12. The maximum absolute atomic E-state index is 11.5. The minimum atomic E-state index is -0.871. The molecule has 0 saturated heterocycles. The number of halogens is 1. The van der Waals surface area contributed by atoms with E-state index in [0.29, 0.717) is 28.1 Å². The van der Waals surface area contributed by atoms with Crippen LogP contribution in [0.3, 0.4) is 0 Å². The first-order valence-corrected chi connectivity index (χ1v) is 7.34. The molecule has 0 bridgehead atoms. The summed E-state index contributed by atoms with van der Waals surface area (Å²) >= 11 is 3.34. The van der Waals surface area contributed by atoms with Crippen molar-refractivity contribution >= 4 is 34.0 Å². The van der Waals surface area contributed by atoms with E-state index < -0.39 is 11.8 Å². The van der Waals surface area contributed by atoms with E-state index in [0.717, 1.165) is 0 Å². The molecule has 126 valence electrons. The topological polar surface area (TPSA) is 98.2 Å². The summed E-state index contributed by atoms with van der Waals surface area (Å²) in [4.78, 5) is 22.9. The van der Waals surface area contributed by atoms with Gasteiger partial charge in [0.25, 0.3) is 0 Å². The third-order valence-electron chi connectivity index (χ3n) is 2.67. The number of hydrogen-bond donors (Lipinski definition) is 2. The van der Waals surface area contributed by atoms with Crippen LogP contribution in [0, 0.1) is 0 Å². The lowest BCUT2D eigenvalue weighted by Gasteiger charge is -2.09. The Morgan fingerprint density at radius 3 is 2.48 bits per heavy atom. The number of carbonyl (C=O) groups excluding carboxylic acids is 2. The second-order valence-electron chi connectivity index (χ2n) is 4.18. The highest BCUT2D eigenvalue weighted by atomic mass is 79.9. The van der Waals surface area contributed by atoms with E-state index >= 15 is 0 Å². The zero-order valence-corrected chi connectivity index (χ0v) is 14.6. The van der Waals surface area contributed by atoms with Crippen molar-refractivity contribution in [2.45, 2.75) is 0 Å². The van der Waals surface area contributed by atoms with Crippen LogP contribution in [-0.4, -0.2) is 52.5 Å². The van der Waals surface area contributed by atoms with Gasteiger partial charge in [-0.1, -0.05) is 0 Å². The average molecular weight is 388 g/mol. The summed E-state index contributed by atoms with van der Waals surface area (Å²) in [6, 6.07) is 3.39. The molecule has 0 heterocycles. The van der Waals surface area contributed by atoms with Gasteiger partial charge in [0, 0.05) is 25.3 Å². The molecule has 8 nitrogen and oxygen atoms in total. The first kappa shape index (κ1) is 18.9. The zero-order valence-electron chi connectivity index (χ0n) is 13.0. The maximum Gasteiger partial charge on any atom is 0.329 e. The van der Waals surface area contributed by atoms with Gasteiger partial charge in [0.05, 0.1) is 31.5 Å². The average Bonchev–Trinajstić information content (AvgIpc) is 2.55. The van der Waals surface area contributed by atoms with Gasteiger partial charge in [0.1, 0.15) is 11.5 Å². The molecule has 1 rings (SSSR count). The number of nitrogens with one attached hydrogen (secondary N) is 2. The fraction of sp³-hybridized carbons (Fsp3) is 0.357. The van der Waals surface area contributed by atoms with Crippen molar-refractivity contribution in [1.29, 1.82) is 0 Å². The van der Waals surface area contributed by atoms with Crippen LogP contribution in [-0.2, 0) is 14.3 Å². The molecule has 0 unspecified atom stereocenters. The second-order valence-corrected chi connectivity index (χ2v) is 5.03. The van der Waals surface area contributed by atoms with Gasteiger partial charge in [-0.25, -0.2) is 5.43 Å². The van der Waals surface area contributed by atoms with Gasteiger partial charge in [-0.3, -0.25) is 9.59 Å². The molecular formula is C14H18BrN3O5. The molecule has 0 aliphatic heterocycles. The molecular weight excluding hydrogens is 370 g/mol. The Kier molecular flexibility index (Phi) is 8.06. The lowest BCUT2D eigenvalue weighted by molar-refractivity contribution is -0.139. The molecule has 0 atom stereocenters. The Morgan fingerprint density at radius 1 is 1.17 bits per heavy atom. The molecule has 2 amide bonds. The number of benzene rings is 1. The van der Waals surface area contributed by atoms with Gasteiger partial charge < -0.3 is 19.5 Å². The van der Waals surface area contributed by atoms with Crippen LogP contribution in [0.4, 0.5) is 0 Å². The number of nitrogens with zero attached hydrogens (tertiary/aromatic N) is 1. The number of ether oxygens (including phenoxy) is 3. The lowest BCUT2D eigenvalue weighted by Crippen LogP contribution is -2.39. The van der Waals surface area contributed by atoms with E-state index in [1.165, 1.54) is 27.5 Å². The minimum absolute atomic E-state index is 0.242. The van der Waals surface area contributed by atoms with Crippen LogP contribution in [0.15, 0.2) is 21.7 Å². The van der Waals surface area contributed by atoms with E-state index in [-0.39, 0.29) is 6.54 Å². The Morgan fingerprint density at radius 2 is 1.87 bits per heavy atom. The van der Waals surface area contributed by atoms with E-state index in [1.54, 1.807) is 12.1 Å².